The maximum Gasteiger partial charge on any atom is 0.261 e. The van der Waals surface area contributed by atoms with Crippen LogP contribution in [-0.4, -0.2) is 19.9 Å². The molecule has 23 heavy (non-hydrogen) atoms. The highest BCUT2D eigenvalue weighted by Gasteiger charge is 2.11. The molecular formula is C17H20N4O2. The summed E-state index contributed by atoms with van der Waals surface area (Å²) >= 11 is 0. The van der Waals surface area contributed by atoms with Crippen molar-refractivity contribution in [2.24, 2.45) is 5.92 Å². The van der Waals surface area contributed by atoms with Gasteiger partial charge in [-0.15, -0.1) is 0 Å². The first kappa shape index (κ1) is 15.4. The van der Waals surface area contributed by atoms with E-state index in [1.54, 1.807) is 6.20 Å². The molecular weight excluding hydrogens is 292 g/mol. The van der Waals surface area contributed by atoms with Crippen LogP contribution in [0.15, 0.2) is 47.2 Å². The lowest BCUT2D eigenvalue weighted by molar-refractivity contribution is 0.0999. The largest absolute Gasteiger partial charge is 0.369 e. The number of benzene rings is 1. The lowest BCUT2D eigenvalue weighted by Gasteiger charge is -2.02. The van der Waals surface area contributed by atoms with E-state index in [9.17, 15) is 0 Å². The van der Waals surface area contributed by atoms with E-state index in [0.717, 1.165) is 17.7 Å². The molecule has 6 nitrogen and oxygen atoms in total. The van der Waals surface area contributed by atoms with Crippen LogP contribution in [0.1, 0.15) is 25.2 Å². The van der Waals surface area contributed by atoms with Crippen molar-refractivity contribution in [3.8, 4) is 11.5 Å². The van der Waals surface area contributed by atoms with Crippen LogP contribution in [0, 0.1) is 5.92 Å². The first-order valence-electron chi connectivity index (χ1n) is 7.68. The molecule has 0 saturated heterocycles. The molecule has 0 spiro atoms. The van der Waals surface area contributed by atoms with Crippen molar-refractivity contribution in [2.75, 3.05) is 0 Å². The Balaban J connectivity index is 1.56. The summed E-state index contributed by atoms with van der Waals surface area (Å²) in [6, 6.07) is 9.99. The first-order chi connectivity index (χ1) is 11.2. The molecule has 0 aliphatic rings. The third-order valence-corrected chi connectivity index (χ3v) is 3.24. The van der Waals surface area contributed by atoms with Crippen molar-refractivity contribution in [1.29, 1.82) is 0 Å². The fourth-order valence-corrected chi connectivity index (χ4v) is 2.21. The van der Waals surface area contributed by atoms with Gasteiger partial charge in [-0.1, -0.05) is 49.3 Å². The second kappa shape index (κ2) is 7.19. The number of rotatable bonds is 7. The predicted molar refractivity (Wildman–Crippen MR) is 85.3 cm³/mol. The van der Waals surface area contributed by atoms with E-state index in [1.807, 2.05) is 41.2 Å². The SMILES string of the molecule is CC(C)Cn1cc(-c2nc(COCc3ccccc3)no2)cn1. The topological polar surface area (TPSA) is 66.0 Å². The van der Waals surface area contributed by atoms with Crippen molar-refractivity contribution < 1.29 is 9.26 Å². The first-order valence-corrected chi connectivity index (χ1v) is 7.68. The van der Waals surface area contributed by atoms with Crippen LogP contribution < -0.4 is 0 Å². The molecule has 0 N–H and O–H groups in total. The molecule has 0 amide bonds. The Morgan fingerprint density at radius 2 is 2.00 bits per heavy atom. The molecule has 0 fully saturated rings. The highest BCUT2D eigenvalue weighted by atomic mass is 16.5. The molecule has 0 bridgehead atoms. The number of hydrogen-bond acceptors (Lipinski definition) is 5. The summed E-state index contributed by atoms with van der Waals surface area (Å²) in [5.74, 6) is 1.54. The molecule has 0 aliphatic carbocycles. The van der Waals surface area contributed by atoms with E-state index < -0.39 is 0 Å². The standard InChI is InChI=1S/C17H20N4O2/c1-13(2)9-21-10-15(8-18-21)17-19-16(20-23-17)12-22-11-14-6-4-3-5-7-14/h3-8,10,13H,9,11-12H2,1-2H3. The smallest absolute Gasteiger partial charge is 0.261 e. The Morgan fingerprint density at radius 3 is 2.78 bits per heavy atom. The van der Waals surface area contributed by atoms with Gasteiger partial charge in [0.1, 0.15) is 6.61 Å². The van der Waals surface area contributed by atoms with Crippen molar-refractivity contribution in [2.45, 2.75) is 33.6 Å². The van der Waals surface area contributed by atoms with Crippen LogP contribution in [0.3, 0.4) is 0 Å². The monoisotopic (exact) mass is 312 g/mol. The van der Waals surface area contributed by atoms with Gasteiger partial charge < -0.3 is 9.26 Å². The Hall–Kier alpha value is -2.47. The fourth-order valence-electron chi connectivity index (χ4n) is 2.21. The van der Waals surface area contributed by atoms with Crippen molar-refractivity contribution in [3.63, 3.8) is 0 Å². The normalized spacial score (nSPS) is 11.3. The molecule has 2 aromatic heterocycles. The Morgan fingerprint density at radius 1 is 1.17 bits per heavy atom. The number of ether oxygens (including phenoxy) is 1. The fraction of sp³-hybridized carbons (Fsp3) is 0.353. The summed E-state index contributed by atoms with van der Waals surface area (Å²) in [7, 11) is 0. The summed E-state index contributed by atoms with van der Waals surface area (Å²) in [5, 5.41) is 8.25. The molecule has 6 heteroatoms. The van der Waals surface area contributed by atoms with Crippen LogP contribution in [0.2, 0.25) is 0 Å². The number of nitrogens with zero attached hydrogens (tertiary/aromatic N) is 4. The molecule has 0 unspecified atom stereocenters. The lowest BCUT2D eigenvalue weighted by atomic mass is 10.2. The summed E-state index contributed by atoms with van der Waals surface area (Å²) in [6.45, 7) is 6.00. The van der Waals surface area contributed by atoms with E-state index in [-0.39, 0.29) is 0 Å². The van der Waals surface area contributed by atoms with Crippen LogP contribution in [0.25, 0.3) is 11.5 Å². The molecule has 3 rings (SSSR count). The molecule has 2 heterocycles. The van der Waals surface area contributed by atoms with E-state index in [0.29, 0.717) is 30.8 Å². The van der Waals surface area contributed by atoms with Gasteiger partial charge in [0.15, 0.2) is 5.82 Å². The maximum absolute atomic E-state index is 5.61. The summed E-state index contributed by atoms with van der Waals surface area (Å²) < 4.78 is 12.8. The van der Waals surface area contributed by atoms with Crippen molar-refractivity contribution >= 4 is 0 Å². The van der Waals surface area contributed by atoms with Gasteiger partial charge in [-0.3, -0.25) is 4.68 Å². The van der Waals surface area contributed by atoms with Gasteiger partial charge in [0.2, 0.25) is 0 Å². The second-order valence-electron chi connectivity index (χ2n) is 5.84. The Labute approximate surface area is 135 Å². The summed E-state index contributed by atoms with van der Waals surface area (Å²) in [4.78, 5) is 4.35. The molecule has 0 radical (unpaired) electrons. The Kier molecular flexibility index (Phi) is 4.83. The van der Waals surface area contributed by atoms with Crippen LogP contribution in [-0.2, 0) is 24.5 Å². The minimum atomic E-state index is 0.318. The van der Waals surface area contributed by atoms with E-state index in [1.165, 1.54) is 0 Å². The summed E-state index contributed by atoms with van der Waals surface area (Å²) in [5.41, 5.74) is 1.94. The molecule has 120 valence electrons. The van der Waals surface area contributed by atoms with Crippen LogP contribution in [0.4, 0.5) is 0 Å². The molecule has 3 aromatic rings. The van der Waals surface area contributed by atoms with Crippen molar-refractivity contribution in [3.05, 3.63) is 54.1 Å². The minimum absolute atomic E-state index is 0.318. The average Bonchev–Trinajstić information content (AvgIpc) is 3.17. The predicted octanol–water partition coefficient (Wildman–Crippen LogP) is 3.31. The van der Waals surface area contributed by atoms with Gasteiger partial charge in [-0.2, -0.15) is 10.1 Å². The van der Waals surface area contributed by atoms with Gasteiger partial charge >= 0.3 is 0 Å². The molecule has 0 aliphatic heterocycles. The van der Waals surface area contributed by atoms with Crippen LogP contribution >= 0.6 is 0 Å². The van der Waals surface area contributed by atoms with Gasteiger partial charge in [-0.05, 0) is 11.5 Å². The van der Waals surface area contributed by atoms with Crippen LogP contribution in [0.5, 0.6) is 0 Å². The third-order valence-electron chi connectivity index (χ3n) is 3.24. The minimum Gasteiger partial charge on any atom is -0.369 e. The molecule has 1 aromatic carbocycles. The van der Waals surface area contributed by atoms with E-state index in [4.69, 9.17) is 9.26 Å². The molecule has 0 atom stereocenters. The maximum atomic E-state index is 5.61. The zero-order valence-electron chi connectivity index (χ0n) is 13.3. The molecule has 0 saturated carbocycles. The Bertz CT molecular complexity index is 734. The van der Waals surface area contributed by atoms with Crippen molar-refractivity contribution in [1.82, 2.24) is 19.9 Å². The average molecular weight is 312 g/mol. The van der Waals surface area contributed by atoms with E-state index in [2.05, 4.69) is 29.1 Å². The van der Waals surface area contributed by atoms with Gasteiger partial charge in [0.25, 0.3) is 5.89 Å². The summed E-state index contributed by atoms with van der Waals surface area (Å²) in [6.07, 6.45) is 3.66. The van der Waals surface area contributed by atoms with Gasteiger partial charge in [0.05, 0.1) is 18.4 Å². The van der Waals surface area contributed by atoms with E-state index >= 15 is 0 Å². The highest BCUT2D eigenvalue weighted by molar-refractivity contribution is 5.49. The zero-order valence-corrected chi connectivity index (χ0v) is 13.3. The van der Waals surface area contributed by atoms with Gasteiger partial charge in [-0.25, -0.2) is 0 Å². The number of hydrogen-bond donors (Lipinski definition) is 0. The second-order valence-corrected chi connectivity index (χ2v) is 5.84. The number of aromatic nitrogens is 4. The highest BCUT2D eigenvalue weighted by Crippen LogP contribution is 2.17. The van der Waals surface area contributed by atoms with Gasteiger partial charge in [0, 0.05) is 12.7 Å². The zero-order chi connectivity index (χ0) is 16.1. The lowest BCUT2D eigenvalue weighted by Crippen LogP contribution is -2.03. The quantitative estimate of drug-likeness (QED) is 0.669. The third kappa shape index (κ3) is 4.26.